The Labute approximate surface area is 208 Å². The number of nitrogens with zero attached hydrogens (tertiary/aromatic N) is 5. The Hall–Kier alpha value is -4.05. The maximum atomic E-state index is 13.4. The lowest BCUT2D eigenvalue weighted by molar-refractivity contribution is -0.116. The highest BCUT2D eigenvalue weighted by Gasteiger charge is 2.16. The average molecular weight is 535 g/mol. The second-order valence-corrected chi connectivity index (χ2v) is 8.77. The van der Waals surface area contributed by atoms with Crippen molar-refractivity contribution < 1.29 is 13.9 Å². The third-order valence-corrected chi connectivity index (χ3v) is 5.88. The summed E-state index contributed by atoms with van der Waals surface area (Å²) in [7, 11) is 0. The SMILES string of the molecule is Cc1nn(CC(=O)Nc2cnn(COc3ccc(Br)cc3)c2)c2nccc(-c3ccc(F)cc3)c12. The van der Waals surface area contributed by atoms with Crippen molar-refractivity contribution in [3.05, 3.63) is 89.2 Å². The van der Waals surface area contributed by atoms with Crippen LogP contribution < -0.4 is 10.1 Å². The molecule has 0 aliphatic rings. The monoisotopic (exact) mass is 534 g/mol. The van der Waals surface area contributed by atoms with Crippen LogP contribution in [0.15, 0.2) is 77.7 Å². The van der Waals surface area contributed by atoms with Gasteiger partial charge in [-0.05, 0) is 60.5 Å². The Morgan fingerprint density at radius 2 is 1.89 bits per heavy atom. The minimum absolute atomic E-state index is 0.0230. The summed E-state index contributed by atoms with van der Waals surface area (Å²) in [6, 6.07) is 15.6. The van der Waals surface area contributed by atoms with Gasteiger partial charge in [-0.25, -0.2) is 18.7 Å². The van der Waals surface area contributed by atoms with Gasteiger partial charge in [0.25, 0.3) is 0 Å². The predicted molar refractivity (Wildman–Crippen MR) is 133 cm³/mol. The van der Waals surface area contributed by atoms with Crippen molar-refractivity contribution in [2.45, 2.75) is 20.2 Å². The summed E-state index contributed by atoms with van der Waals surface area (Å²) in [5.41, 5.74) is 3.59. The number of aryl methyl sites for hydroxylation is 1. The molecule has 1 N–H and O–H groups in total. The van der Waals surface area contributed by atoms with Gasteiger partial charge in [0, 0.05) is 16.1 Å². The molecule has 5 rings (SSSR count). The Kier molecular flexibility index (Phi) is 6.28. The van der Waals surface area contributed by atoms with Crippen molar-refractivity contribution in [2.75, 3.05) is 5.32 Å². The van der Waals surface area contributed by atoms with E-state index in [9.17, 15) is 9.18 Å². The number of hydrogen-bond donors (Lipinski definition) is 1. The van der Waals surface area contributed by atoms with E-state index in [0.29, 0.717) is 17.1 Å². The van der Waals surface area contributed by atoms with Crippen molar-refractivity contribution in [1.82, 2.24) is 24.5 Å². The first-order valence-electron chi connectivity index (χ1n) is 10.7. The first kappa shape index (κ1) is 22.7. The number of hydrogen-bond acceptors (Lipinski definition) is 5. The molecule has 0 spiro atoms. The summed E-state index contributed by atoms with van der Waals surface area (Å²) in [6.45, 7) is 2.04. The minimum Gasteiger partial charge on any atom is -0.471 e. The van der Waals surface area contributed by atoms with E-state index in [4.69, 9.17) is 4.74 Å². The Morgan fingerprint density at radius 3 is 2.66 bits per heavy atom. The molecule has 0 fully saturated rings. The molecule has 0 aliphatic carbocycles. The number of pyridine rings is 1. The molecule has 0 bridgehead atoms. The molecule has 0 aliphatic heterocycles. The fourth-order valence-electron chi connectivity index (χ4n) is 3.77. The third-order valence-electron chi connectivity index (χ3n) is 5.35. The van der Waals surface area contributed by atoms with Crippen molar-refractivity contribution >= 4 is 38.6 Å². The maximum absolute atomic E-state index is 13.4. The fourth-order valence-corrected chi connectivity index (χ4v) is 4.03. The van der Waals surface area contributed by atoms with Crippen LogP contribution in [-0.2, 0) is 18.1 Å². The molecule has 10 heteroatoms. The van der Waals surface area contributed by atoms with Crippen LogP contribution >= 0.6 is 15.9 Å². The standard InChI is InChI=1S/C25H20BrFN6O2/c1-16-24-22(17-2-6-19(27)7-3-17)10-11-28-25(24)33(31-16)14-23(34)30-20-12-29-32(13-20)15-35-21-8-4-18(26)5-9-21/h2-13H,14-15H2,1H3,(H,30,34). The molecule has 8 nitrogen and oxygen atoms in total. The van der Waals surface area contributed by atoms with E-state index in [0.717, 1.165) is 26.7 Å². The van der Waals surface area contributed by atoms with Crippen LogP contribution in [0, 0.1) is 12.7 Å². The lowest BCUT2D eigenvalue weighted by atomic mass is 10.0. The number of aromatic nitrogens is 5. The number of rotatable bonds is 7. The second kappa shape index (κ2) is 9.67. The molecule has 0 saturated heterocycles. The normalized spacial score (nSPS) is 11.1. The number of carbonyl (C=O) groups is 1. The lowest BCUT2D eigenvalue weighted by Crippen LogP contribution is -2.19. The van der Waals surface area contributed by atoms with Gasteiger partial charge < -0.3 is 10.1 Å². The highest BCUT2D eigenvalue weighted by Crippen LogP contribution is 2.30. The van der Waals surface area contributed by atoms with Gasteiger partial charge >= 0.3 is 0 Å². The largest absolute Gasteiger partial charge is 0.471 e. The number of halogens is 2. The van der Waals surface area contributed by atoms with E-state index in [-0.39, 0.29) is 25.0 Å². The van der Waals surface area contributed by atoms with Crippen molar-refractivity contribution in [3.8, 4) is 16.9 Å². The summed E-state index contributed by atoms with van der Waals surface area (Å²) in [5, 5.41) is 12.4. The van der Waals surface area contributed by atoms with Crippen molar-refractivity contribution in [3.63, 3.8) is 0 Å². The van der Waals surface area contributed by atoms with E-state index < -0.39 is 0 Å². The molecule has 3 aromatic heterocycles. The van der Waals surface area contributed by atoms with Crippen LogP contribution in [0.3, 0.4) is 0 Å². The quantitative estimate of drug-likeness (QED) is 0.311. The molecule has 176 valence electrons. The number of benzene rings is 2. The number of fused-ring (bicyclic) bond motifs is 1. The highest BCUT2D eigenvalue weighted by atomic mass is 79.9. The van der Waals surface area contributed by atoms with Crippen molar-refractivity contribution in [1.29, 1.82) is 0 Å². The van der Waals surface area contributed by atoms with Gasteiger partial charge in [0.15, 0.2) is 12.4 Å². The van der Waals surface area contributed by atoms with Crippen LogP contribution in [-0.4, -0.2) is 30.5 Å². The van der Waals surface area contributed by atoms with Gasteiger partial charge in [0.1, 0.15) is 18.1 Å². The zero-order chi connectivity index (χ0) is 24.4. The molecule has 0 saturated carbocycles. The third kappa shape index (κ3) is 5.07. The number of nitrogens with one attached hydrogen (secondary N) is 1. The van der Waals surface area contributed by atoms with Gasteiger partial charge in [-0.15, -0.1) is 0 Å². The molecule has 0 atom stereocenters. The topological polar surface area (TPSA) is 86.9 Å². The van der Waals surface area contributed by atoms with Gasteiger partial charge in [-0.2, -0.15) is 10.2 Å². The summed E-state index contributed by atoms with van der Waals surface area (Å²) in [4.78, 5) is 17.2. The molecule has 5 aromatic rings. The van der Waals surface area contributed by atoms with E-state index in [1.165, 1.54) is 12.1 Å². The average Bonchev–Trinajstić information content (AvgIpc) is 3.43. The van der Waals surface area contributed by atoms with Gasteiger partial charge in [0.2, 0.25) is 5.91 Å². The number of carbonyl (C=O) groups excluding carboxylic acids is 1. The molecular formula is C25H20BrFN6O2. The summed E-state index contributed by atoms with van der Waals surface area (Å²) < 4.78 is 23.2. The Balaban J connectivity index is 1.28. The first-order chi connectivity index (χ1) is 17.0. The second-order valence-electron chi connectivity index (χ2n) is 7.85. The molecule has 35 heavy (non-hydrogen) atoms. The van der Waals surface area contributed by atoms with Gasteiger partial charge in [-0.3, -0.25) is 4.79 Å². The summed E-state index contributed by atoms with van der Waals surface area (Å²) >= 11 is 3.39. The molecular weight excluding hydrogens is 515 g/mol. The lowest BCUT2D eigenvalue weighted by Gasteiger charge is -2.06. The summed E-state index contributed by atoms with van der Waals surface area (Å²) in [6.07, 6.45) is 4.90. The van der Waals surface area contributed by atoms with Gasteiger partial charge in [-0.1, -0.05) is 28.1 Å². The van der Waals surface area contributed by atoms with Crippen LogP contribution in [0.25, 0.3) is 22.2 Å². The van der Waals surface area contributed by atoms with Crippen LogP contribution in [0.4, 0.5) is 10.1 Å². The van der Waals surface area contributed by atoms with Crippen LogP contribution in [0.2, 0.25) is 0 Å². The van der Waals surface area contributed by atoms with Crippen LogP contribution in [0.5, 0.6) is 5.75 Å². The minimum atomic E-state index is -0.300. The Bertz CT molecular complexity index is 1500. The van der Waals surface area contributed by atoms with E-state index in [1.807, 2.05) is 37.3 Å². The van der Waals surface area contributed by atoms with Crippen molar-refractivity contribution in [2.24, 2.45) is 0 Å². The number of amides is 1. The smallest absolute Gasteiger partial charge is 0.246 e. The maximum Gasteiger partial charge on any atom is 0.246 e. The Morgan fingerprint density at radius 1 is 1.11 bits per heavy atom. The number of anilines is 1. The molecule has 0 unspecified atom stereocenters. The van der Waals surface area contributed by atoms with Gasteiger partial charge in [0.05, 0.1) is 23.8 Å². The van der Waals surface area contributed by atoms with E-state index >= 15 is 0 Å². The molecule has 3 heterocycles. The van der Waals surface area contributed by atoms with E-state index in [2.05, 4.69) is 36.4 Å². The fraction of sp³-hybridized carbons (Fsp3) is 0.120. The molecule has 2 aromatic carbocycles. The van der Waals surface area contributed by atoms with E-state index in [1.54, 1.807) is 40.1 Å². The first-order valence-corrected chi connectivity index (χ1v) is 11.5. The number of ether oxygens (including phenoxy) is 1. The zero-order valence-corrected chi connectivity index (χ0v) is 20.2. The molecule has 1 amide bonds. The predicted octanol–water partition coefficient (Wildman–Crippen LogP) is 5.18. The highest BCUT2D eigenvalue weighted by molar-refractivity contribution is 9.10. The zero-order valence-electron chi connectivity index (χ0n) is 18.7. The summed E-state index contributed by atoms with van der Waals surface area (Å²) in [5.74, 6) is 0.144. The molecule has 0 radical (unpaired) electrons. The van der Waals surface area contributed by atoms with Crippen LogP contribution in [0.1, 0.15) is 5.69 Å².